The van der Waals surface area contributed by atoms with E-state index in [2.05, 4.69) is 31.9 Å². The molecule has 3 saturated heterocycles. The highest BCUT2D eigenvalue weighted by atomic mass is 16.7. The first-order chi connectivity index (χ1) is 34.3. The molecule has 0 spiro atoms. The van der Waals surface area contributed by atoms with Gasteiger partial charge in [0.2, 0.25) is 29.5 Å². The van der Waals surface area contributed by atoms with E-state index in [0.717, 1.165) is 0 Å². The molecule has 28 heteroatoms. The van der Waals surface area contributed by atoms with E-state index in [-0.39, 0.29) is 75.9 Å². The van der Waals surface area contributed by atoms with E-state index in [1.165, 1.54) is 0 Å². The standard InChI is InChI=1S/C44H78N6O22/c1-2-46-28(53)12-9-10-23(50-29(54)11-5-3-7-15-47-30(55)18-45-19-31(56)48-16-8-4-6-13-32(57)58)42(67)49-17-14-24-35(61)41(72-44-40(66)38(64)34(60)26(21-52)71-44)36(62)27(69-24)22-68-43-39(65)37(63)33(59)25(20-51)70-43/h23-27,33-41,43-45,51-52,59-66H,2-22H2,1H3,(H,46,53)(H,47,55)(H,48,56)(H,49,67)(H,50,54)(H,57,58)/t23?,24-,25-,26-,27-,33-,34-,35-,36-,37+,38+,39+,40+,41-,43+,44-/m1/s1. The Balaban J connectivity index is 1.55. The molecule has 3 fully saturated rings. The van der Waals surface area contributed by atoms with E-state index in [1.54, 1.807) is 6.92 Å². The van der Waals surface area contributed by atoms with Crippen LogP contribution in [0.1, 0.15) is 84.0 Å². The molecule has 1 unspecified atom stereocenters. The molecule has 0 saturated carbocycles. The van der Waals surface area contributed by atoms with Crippen molar-refractivity contribution in [1.29, 1.82) is 0 Å². The van der Waals surface area contributed by atoms with Gasteiger partial charge in [-0.05, 0) is 51.9 Å². The Bertz CT molecular complexity index is 1650. The lowest BCUT2D eigenvalue weighted by atomic mass is 9.92. The zero-order valence-electron chi connectivity index (χ0n) is 40.5. The van der Waals surface area contributed by atoms with Crippen molar-refractivity contribution >= 4 is 35.5 Å². The predicted molar refractivity (Wildman–Crippen MR) is 245 cm³/mol. The number of carbonyl (C=O) groups excluding carboxylic acids is 5. The molecule has 3 heterocycles. The van der Waals surface area contributed by atoms with Gasteiger partial charge in [-0.2, -0.15) is 0 Å². The Morgan fingerprint density at radius 2 is 1.07 bits per heavy atom. The highest BCUT2D eigenvalue weighted by Gasteiger charge is 2.51. The van der Waals surface area contributed by atoms with Crippen molar-refractivity contribution in [3.63, 3.8) is 0 Å². The van der Waals surface area contributed by atoms with Crippen molar-refractivity contribution in [2.75, 3.05) is 59.1 Å². The second kappa shape index (κ2) is 33.2. The van der Waals surface area contributed by atoms with Crippen molar-refractivity contribution in [1.82, 2.24) is 31.9 Å². The Kier molecular flexibility index (Phi) is 28.8. The lowest BCUT2D eigenvalue weighted by Crippen LogP contribution is -2.65. The highest BCUT2D eigenvalue weighted by Crippen LogP contribution is 2.31. The smallest absolute Gasteiger partial charge is 0.303 e. The van der Waals surface area contributed by atoms with Crippen LogP contribution in [0.25, 0.3) is 0 Å². The maximum Gasteiger partial charge on any atom is 0.303 e. The summed E-state index contributed by atoms with van der Waals surface area (Å²) in [5.74, 6) is -2.87. The fourth-order valence-electron chi connectivity index (χ4n) is 8.06. The zero-order valence-corrected chi connectivity index (χ0v) is 40.5. The van der Waals surface area contributed by atoms with E-state index in [4.69, 9.17) is 28.8 Å². The van der Waals surface area contributed by atoms with Gasteiger partial charge in [-0.3, -0.25) is 34.1 Å². The van der Waals surface area contributed by atoms with E-state index in [0.29, 0.717) is 58.2 Å². The topological polar surface area (TPSA) is 443 Å². The maximum absolute atomic E-state index is 13.6. The third kappa shape index (κ3) is 20.8. The van der Waals surface area contributed by atoms with Crippen molar-refractivity contribution in [2.24, 2.45) is 0 Å². The Hall–Kier alpha value is -3.82. The molecule has 0 bridgehead atoms. The van der Waals surface area contributed by atoms with E-state index < -0.39 is 136 Å². The van der Waals surface area contributed by atoms with E-state index >= 15 is 0 Å². The summed E-state index contributed by atoms with van der Waals surface area (Å²) in [7, 11) is 0. The lowest BCUT2D eigenvalue weighted by molar-refractivity contribution is -0.347. The van der Waals surface area contributed by atoms with Gasteiger partial charge >= 0.3 is 5.97 Å². The summed E-state index contributed by atoms with van der Waals surface area (Å²) < 4.78 is 28.1. The van der Waals surface area contributed by atoms with Gasteiger partial charge in [-0.1, -0.05) is 12.8 Å². The van der Waals surface area contributed by atoms with Crippen molar-refractivity contribution in [3.8, 4) is 0 Å². The lowest BCUT2D eigenvalue weighted by Gasteiger charge is -2.47. The quantitative estimate of drug-likeness (QED) is 0.0272. The number of nitrogens with one attached hydrogen (secondary N) is 6. The summed E-state index contributed by atoms with van der Waals surface area (Å²) in [6.45, 7) is 0.212. The van der Waals surface area contributed by atoms with Crippen LogP contribution in [0.2, 0.25) is 0 Å². The molecule has 3 aliphatic rings. The predicted octanol–water partition coefficient (Wildman–Crippen LogP) is -7.20. The van der Waals surface area contributed by atoms with Crippen LogP contribution in [0.3, 0.4) is 0 Å². The van der Waals surface area contributed by atoms with Gasteiger partial charge in [0.25, 0.3) is 0 Å². The van der Waals surface area contributed by atoms with E-state index in [1.807, 2.05) is 0 Å². The third-order valence-electron chi connectivity index (χ3n) is 12.2. The molecule has 0 aromatic carbocycles. The second-order valence-corrected chi connectivity index (χ2v) is 17.9. The van der Waals surface area contributed by atoms with Gasteiger partial charge in [0.05, 0.1) is 39.0 Å². The van der Waals surface area contributed by atoms with Crippen molar-refractivity contribution < 1.29 is 109 Å². The molecule has 5 amide bonds. The molecule has 416 valence electrons. The molecular weight excluding hydrogens is 965 g/mol. The number of unbranched alkanes of at least 4 members (excludes halogenated alkanes) is 4. The van der Waals surface area contributed by atoms with Crippen LogP contribution >= 0.6 is 0 Å². The third-order valence-corrected chi connectivity index (χ3v) is 12.2. The minimum absolute atomic E-state index is 0.0249. The molecular formula is C44H78N6O22. The van der Waals surface area contributed by atoms with Crippen LogP contribution in [0.4, 0.5) is 0 Å². The van der Waals surface area contributed by atoms with E-state index in [9.17, 15) is 79.8 Å². The summed E-state index contributed by atoms with van der Waals surface area (Å²) in [6.07, 6.45) is -21.7. The van der Waals surface area contributed by atoms with Gasteiger partial charge in [0.1, 0.15) is 79.3 Å². The van der Waals surface area contributed by atoms with Crippen LogP contribution in [-0.2, 0) is 52.5 Å². The minimum atomic E-state index is -1.94. The van der Waals surface area contributed by atoms with Crippen molar-refractivity contribution in [3.05, 3.63) is 0 Å². The zero-order chi connectivity index (χ0) is 53.3. The molecule has 0 aromatic rings. The highest BCUT2D eigenvalue weighted by molar-refractivity contribution is 5.87. The minimum Gasteiger partial charge on any atom is -0.481 e. The number of carbonyl (C=O) groups is 6. The number of ether oxygens (including phenoxy) is 5. The number of carboxylic acid groups (broad SMARTS) is 1. The van der Waals surface area contributed by atoms with Crippen LogP contribution in [0.15, 0.2) is 0 Å². The monoisotopic (exact) mass is 1040 g/mol. The first-order valence-electron chi connectivity index (χ1n) is 24.5. The fraction of sp³-hybridized carbons (Fsp3) is 0.864. The van der Waals surface area contributed by atoms with Gasteiger partial charge in [-0.15, -0.1) is 0 Å². The van der Waals surface area contributed by atoms with Crippen molar-refractivity contribution in [2.45, 2.75) is 182 Å². The number of hydrogen-bond acceptors (Lipinski definition) is 22. The summed E-state index contributed by atoms with van der Waals surface area (Å²) in [5, 5.41) is 129. The number of rotatable bonds is 33. The van der Waals surface area contributed by atoms with Crippen LogP contribution < -0.4 is 31.9 Å². The normalized spacial score (nSPS) is 31.0. The summed E-state index contributed by atoms with van der Waals surface area (Å²) in [5.41, 5.74) is 0. The number of aliphatic carboxylic acids is 1. The number of carboxylic acids is 1. The molecule has 0 radical (unpaired) electrons. The summed E-state index contributed by atoms with van der Waals surface area (Å²) in [4.78, 5) is 73.5. The fourth-order valence-corrected chi connectivity index (χ4v) is 8.06. The average Bonchev–Trinajstić information content (AvgIpc) is 3.34. The Morgan fingerprint density at radius 3 is 1.64 bits per heavy atom. The van der Waals surface area contributed by atoms with Crippen LogP contribution in [0, 0.1) is 0 Å². The number of hydrogen-bond donors (Lipinski definition) is 17. The largest absolute Gasteiger partial charge is 0.481 e. The first-order valence-corrected chi connectivity index (χ1v) is 24.5. The molecule has 0 aromatic heterocycles. The van der Waals surface area contributed by atoms with Crippen LogP contribution in [0.5, 0.6) is 0 Å². The SMILES string of the molecule is CCNC(=O)CCCC(NC(=O)CCCCCNC(=O)CNCC(=O)NCCCCCC(=O)O)C(=O)NCC[C@H]1O[C@H](CO[C@H]2O[C@H](CO)[C@@H](O)[C@H](O)[C@@H]2O)[C@@H](O)[C@H](O[C@H]2O[C@H](CO)[C@@H](O)[C@H](O)[C@@H]2O)[C@@H]1O. The molecule has 28 nitrogen and oxygen atoms in total. The molecule has 16 atom stereocenters. The van der Waals surface area contributed by atoms with Gasteiger partial charge in [0, 0.05) is 45.4 Å². The molecule has 0 aliphatic carbocycles. The first kappa shape index (κ1) is 62.5. The van der Waals surface area contributed by atoms with Gasteiger partial charge in [0.15, 0.2) is 12.6 Å². The molecule has 17 N–H and O–H groups in total. The Morgan fingerprint density at radius 1 is 0.528 bits per heavy atom. The van der Waals surface area contributed by atoms with Crippen LogP contribution in [-0.4, -0.2) is 249 Å². The Labute approximate surface area is 416 Å². The number of aliphatic hydroxyl groups excluding tert-OH is 10. The summed E-state index contributed by atoms with van der Waals surface area (Å²) >= 11 is 0. The molecule has 3 rings (SSSR count). The average molecular weight is 1040 g/mol. The summed E-state index contributed by atoms with van der Waals surface area (Å²) in [6, 6.07) is -1.11. The number of aliphatic hydroxyl groups is 10. The maximum atomic E-state index is 13.6. The second-order valence-electron chi connectivity index (χ2n) is 17.9. The van der Waals surface area contributed by atoms with Gasteiger partial charge in [-0.25, -0.2) is 0 Å². The molecule has 72 heavy (non-hydrogen) atoms. The molecule has 3 aliphatic heterocycles. The number of amides is 5. The van der Waals surface area contributed by atoms with Gasteiger partial charge < -0.3 is 106 Å².